The van der Waals surface area contributed by atoms with Crippen molar-refractivity contribution in [3.05, 3.63) is 35.9 Å². The normalized spacial score (nSPS) is 38.3. The molecule has 13 heteroatoms. The molecule has 1 aromatic rings. The highest BCUT2D eigenvalue weighted by atomic mass is 16.8. The molecule has 2 fully saturated rings. The van der Waals surface area contributed by atoms with E-state index in [1.807, 2.05) is 0 Å². The Morgan fingerprint density at radius 2 is 1.65 bits per heavy atom. The fourth-order valence-corrected chi connectivity index (χ4v) is 3.58. The van der Waals surface area contributed by atoms with Gasteiger partial charge in [-0.15, -0.1) is 0 Å². The number of benzene rings is 1. The van der Waals surface area contributed by atoms with Gasteiger partial charge in [0.15, 0.2) is 6.29 Å². The molecular weight excluding hydrogens is 460 g/mol. The topological polar surface area (TPSA) is 216 Å². The number of aromatic hydroxyl groups is 1. The number of ether oxygens (including phenoxy) is 4. The SMILES string of the molecule is O=C(/C=C/c1ccc(O)cc1)OC[C@@H]1O[C@@H](O[C@]2(CO)O[C@H](CO)[C@@H](O)[C@@H]2O)[C@@H](O)[C@H](O)[C@H]1O. The first-order valence-electron chi connectivity index (χ1n) is 10.4. The van der Waals surface area contributed by atoms with Crippen LogP contribution in [0.3, 0.4) is 0 Å². The zero-order chi connectivity index (χ0) is 25.0. The van der Waals surface area contributed by atoms with Crippen molar-refractivity contribution in [3.8, 4) is 5.75 Å². The molecule has 34 heavy (non-hydrogen) atoms. The molecule has 0 aliphatic carbocycles. The maximum atomic E-state index is 12.0. The average molecular weight is 488 g/mol. The third-order valence-corrected chi connectivity index (χ3v) is 5.59. The van der Waals surface area contributed by atoms with E-state index in [9.17, 15) is 45.6 Å². The Labute approximate surface area is 193 Å². The van der Waals surface area contributed by atoms with Crippen LogP contribution in [0.4, 0.5) is 0 Å². The van der Waals surface area contributed by atoms with Gasteiger partial charge in [0.2, 0.25) is 5.79 Å². The summed E-state index contributed by atoms with van der Waals surface area (Å²) in [6.45, 7) is -2.30. The molecule has 9 atom stereocenters. The lowest BCUT2D eigenvalue weighted by Gasteiger charge is -2.43. The molecule has 0 unspecified atom stereocenters. The summed E-state index contributed by atoms with van der Waals surface area (Å²) in [7, 11) is 0. The Hall–Kier alpha value is -2.17. The van der Waals surface area contributed by atoms with Crippen LogP contribution in [0.1, 0.15) is 5.56 Å². The lowest BCUT2D eigenvalue weighted by molar-refractivity contribution is -0.383. The first kappa shape index (κ1) is 26.4. The molecule has 0 saturated carbocycles. The first-order chi connectivity index (χ1) is 16.1. The third kappa shape index (κ3) is 5.55. The van der Waals surface area contributed by atoms with Crippen LogP contribution < -0.4 is 0 Å². The van der Waals surface area contributed by atoms with Crippen LogP contribution in [-0.4, -0.2) is 121 Å². The zero-order valence-electron chi connectivity index (χ0n) is 17.8. The summed E-state index contributed by atoms with van der Waals surface area (Å²) in [5.41, 5.74) is 0.600. The Kier molecular flexibility index (Phi) is 8.59. The number of aliphatic hydroxyl groups is 7. The van der Waals surface area contributed by atoms with Gasteiger partial charge in [-0.25, -0.2) is 4.79 Å². The van der Waals surface area contributed by atoms with E-state index in [0.717, 1.165) is 6.08 Å². The van der Waals surface area contributed by atoms with Gasteiger partial charge in [0, 0.05) is 6.08 Å². The molecular formula is C21H28O13. The lowest BCUT2D eigenvalue weighted by Crippen LogP contribution is -2.62. The molecule has 2 heterocycles. The predicted octanol–water partition coefficient (Wildman–Crippen LogP) is -3.43. The monoisotopic (exact) mass is 488 g/mol. The quantitative estimate of drug-likeness (QED) is 0.132. The van der Waals surface area contributed by atoms with Gasteiger partial charge in [0.05, 0.1) is 6.61 Å². The average Bonchev–Trinajstić information content (AvgIpc) is 3.08. The molecule has 0 amide bonds. The van der Waals surface area contributed by atoms with Crippen LogP contribution in [0, 0.1) is 0 Å². The van der Waals surface area contributed by atoms with Crippen molar-refractivity contribution in [1.82, 2.24) is 0 Å². The van der Waals surface area contributed by atoms with Gasteiger partial charge in [0.1, 0.15) is 61.7 Å². The maximum absolute atomic E-state index is 12.0. The molecule has 0 aromatic heterocycles. The molecule has 1 aromatic carbocycles. The summed E-state index contributed by atoms with van der Waals surface area (Å²) in [5, 5.41) is 79.1. The van der Waals surface area contributed by atoms with E-state index < -0.39 is 80.6 Å². The summed E-state index contributed by atoms with van der Waals surface area (Å²) < 4.78 is 21.0. The molecule has 2 aliphatic heterocycles. The van der Waals surface area contributed by atoms with Gasteiger partial charge in [0.25, 0.3) is 0 Å². The summed E-state index contributed by atoms with van der Waals surface area (Å²) in [4.78, 5) is 12.0. The number of aliphatic hydroxyl groups excluding tert-OH is 7. The van der Waals surface area contributed by atoms with Crippen molar-refractivity contribution >= 4 is 12.0 Å². The van der Waals surface area contributed by atoms with E-state index in [-0.39, 0.29) is 5.75 Å². The molecule has 2 saturated heterocycles. The molecule has 0 bridgehead atoms. The highest BCUT2D eigenvalue weighted by Gasteiger charge is 2.58. The summed E-state index contributed by atoms with van der Waals surface area (Å²) in [6.07, 6.45) is -10.9. The minimum absolute atomic E-state index is 0.0561. The molecule has 0 radical (unpaired) electrons. The highest BCUT2D eigenvalue weighted by molar-refractivity contribution is 5.87. The van der Waals surface area contributed by atoms with E-state index in [1.54, 1.807) is 12.1 Å². The zero-order valence-corrected chi connectivity index (χ0v) is 17.8. The number of carbonyl (C=O) groups excluding carboxylic acids is 1. The van der Waals surface area contributed by atoms with Gasteiger partial charge in [-0.05, 0) is 23.8 Å². The number of rotatable bonds is 8. The Bertz CT molecular complexity index is 846. The molecule has 0 spiro atoms. The van der Waals surface area contributed by atoms with Crippen molar-refractivity contribution in [2.45, 2.75) is 54.8 Å². The number of phenolic OH excluding ortho intramolecular Hbond substituents is 1. The summed E-state index contributed by atoms with van der Waals surface area (Å²) in [5.74, 6) is -3.08. The van der Waals surface area contributed by atoms with Crippen LogP contribution in [0.5, 0.6) is 5.75 Å². The smallest absolute Gasteiger partial charge is 0.330 e. The van der Waals surface area contributed by atoms with Crippen LogP contribution >= 0.6 is 0 Å². The second-order valence-electron chi connectivity index (χ2n) is 7.93. The van der Waals surface area contributed by atoms with Crippen molar-refractivity contribution in [1.29, 1.82) is 0 Å². The second-order valence-corrected chi connectivity index (χ2v) is 7.93. The largest absolute Gasteiger partial charge is 0.508 e. The van der Waals surface area contributed by atoms with Gasteiger partial charge < -0.3 is 59.8 Å². The Morgan fingerprint density at radius 3 is 2.24 bits per heavy atom. The number of esters is 1. The van der Waals surface area contributed by atoms with Gasteiger partial charge in [-0.2, -0.15) is 0 Å². The van der Waals surface area contributed by atoms with Crippen molar-refractivity contribution in [2.24, 2.45) is 0 Å². The summed E-state index contributed by atoms with van der Waals surface area (Å²) in [6, 6.07) is 5.97. The van der Waals surface area contributed by atoms with Gasteiger partial charge in [-0.3, -0.25) is 0 Å². The first-order valence-corrected chi connectivity index (χ1v) is 10.4. The van der Waals surface area contributed by atoms with Crippen LogP contribution in [0.15, 0.2) is 30.3 Å². The van der Waals surface area contributed by atoms with E-state index in [0.29, 0.717) is 5.56 Å². The van der Waals surface area contributed by atoms with E-state index in [4.69, 9.17) is 18.9 Å². The maximum Gasteiger partial charge on any atom is 0.330 e. The standard InChI is InChI=1S/C21H28O13/c22-7-12-16(27)19(30)21(9-23,33-12)34-20-18(29)17(28)15(26)13(32-20)8-31-14(25)6-3-10-1-4-11(24)5-2-10/h1-6,12-13,15-20,22-24,26-30H,7-9H2/b6-3+/t12-,13+,15+,16-,17-,18+,19+,20+,21+/m1/s1. The van der Waals surface area contributed by atoms with Crippen LogP contribution in [-0.2, 0) is 23.7 Å². The van der Waals surface area contributed by atoms with Crippen LogP contribution in [0.25, 0.3) is 6.08 Å². The van der Waals surface area contributed by atoms with Crippen molar-refractivity contribution in [3.63, 3.8) is 0 Å². The van der Waals surface area contributed by atoms with Crippen LogP contribution in [0.2, 0.25) is 0 Å². The molecule has 190 valence electrons. The number of hydrogen-bond donors (Lipinski definition) is 8. The van der Waals surface area contributed by atoms with Gasteiger partial charge >= 0.3 is 5.97 Å². The van der Waals surface area contributed by atoms with E-state index in [1.165, 1.54) is 18.2 Å². The van der Waals surface area contributed by atoms with Crippen molar-refractivity contribution < 1.29 is 64.6 Å². The van der Waals surface area contributed by atoms with E-state index >= 15 is 0 Å². The molecule has 2 aliphatic rings. The predicted molar refractivity (Wildman–Crippen MR) is 110 cm³/mol. The molecule has 8 N–H and O–H groups in total. The Balaban J connectivity index is 1.64. The fraction of sp³-hybridized carbons (Fsp3) is 0.571. The summed E-state index contributed by atoms with van der Waals surface area (Å²) >= 11 is 0. The van der Waals surface area contributed by atoms with Crippen molar-refractivity contribution in [2.75, 3.05) is 19.8 Å². The highest BCUT2D eigenvalue weighted by Crippen LogP contribution is 2.36. The Morgan fingerprint density at radius 1 is 0.971 bits per heavy atom. The minimum atomic E-state index is -2.31. The molecule has 3 rings (SSSR count). The number of hydrogen-bond acceptors (Lipinski definition) is 13. The lowest BCUT2D eigenvalue weighted by atomic mass is 9.99. The fourth-order valence-electron chi connectivity index (χ4n) is 3.58. The van der Waals surface area contributed by atoms with Gasteiger partial charge in [-0.1, -0.05) is 12.1 Å². The third-order valence-electron chi connectivity index (χ3n) is 5.59. The minimum Gasteiger partial charge on any atom is -0.508 e. The number of carbonyl (C=O) groups is 1. The number of phenols is 1. The van der Waals surface area contributed by atoms with E-state index in [2.05, 4.69) is 0 Å². The molecule has 13 nitrogen and oxygen atoms in total. The second kappa shape index (κ2) is 11.0.